The number of rotatable bonds is 3. The van der Waals surface area contributed by atoms with Crippen LogP contribution in [0.15, 0.2) is 24.3 Å². The maximum absolute atomic E-state index is 6.45. The van der Waals surface area contributed by atoms with Crippen molar-refractivity contribution in [2.75, 3.05) is 7.11 Å². The fraction of sp³-hybridized carbons (Fsp3) is 0.375. The summed E-state index contributed by atoms with van der Waals surface area (Å²) in [4.78, 5) is 2.71. The fourth-order valence-electron chi connectivity index (χ4n) is 2.77. The van der Waals surface area contributed by atoms with Gasteiger partial charge in [0.2, 0.25) is 0 Å². The van der Waals surface area contributed by atoms with Crippen molar-refractivity contribution in [1.82, 2.24) is 0 Å². The van der Waals surface area contributed by atoms with Gasteiger partial charge in [-0.1, -0.05) is 11.6 Å². The molecule has 1 aromatic carbocycles. The van der Waals surface area contributed by atoms with Gasteiger partial charge in [-0.05, 0) is 55.5 Å². The first-order valence-electron chi connectivity index (χ1n) is 6.89. The molecule has 1 aliphatic carbocycles. The third kappa shape index (κ3) is 2.58. The molecule has 1 atom stereocenters. The van der Waals surface area contributed by atoms with E-state index in [1.54, 1.807) is 7.11 Å². The summed E-state index contributed by atoms with van der Waals surface area (Å²) in [6.45, 7) is 0. The molecule has 2 N–H and O–H groups in total. The van der Waals surface area contributed by atoms with Crippen molar-refractivity contribution in [2.24, 2.45) is 5.73 Å². The first-order chi connectivity index (χ1) is 9.69. The normalized spacial score (nSPS) is 15.8. The van der Waals surface area contributed by atoms with Gasteiger partial charge < -0.3 is 10.5 Å². The maximum atomic E-state index is 6.45. The Morgan fingerprint density at radius 2 is 2.05 bits per heavy atom. The molecule has 3 rings (SSSR count). The van der Waals surface area contributed by atoms with Gasteiger partial charge in [-0.15, -0.1) is 11.3 Å². The molecule has 1 heterocycles. The number of halogens is 1. The zero-order valence-electron chi connectivity index (χ0n) is 11.5. The molecule has 0 saturated heterocycles. The van der Waals surface area contributed by atoms with Gasteiger partial charge in [0.05, 0.1) is 13.2 Å². The number of hydrogen-bond donors (Lipinski definition) is 1. The zero-order chi connectivity index (χ0) is 14.1. The number of ether oxygens (including phenoxy) is 1. The van der Waals surface area contributed by atoms with Gasteiger partial charge in [0.25, 0.3) is 0 Å². The van der Waals surface area contributed by atoms with E-state index in [-0.39, 0.29) is 6.04 Å². The summed E-state index contributed by atoms with van der Waals surface area (Å²) >= 11 is 7.94. The van der Waals surface area contributed by atoms with Gasteiger partial charge in [-0.3, -0.25) is 0 Å². The van der Waals surface area contributed by atoms with Crippen LogP contribution in [-0.4, -0.2) is 7.11 Å². The lowest BCUT2D eigenvalue weighted by molar-refractivity contribution is 0.408. The average molecular weight is 308 g/mol. The summed E-state index contributed by atoms with van der Waals surface area (Å²) < 4.78 is 5.41. The summed E-state index contributed by atoms with van der Waals surface area (Å²) in [5, 5.41) is 0.692. The molecule has 20 heavy (non-hydrogen) atoms. The van der Waals surface area contributed by atoms with Gasteiger partial charge >= 0.3 is 0 Å². The highest BCUT2D eigenvalue weighted by atomic mass is 35.5. The molecular weight excluding hydrogens is 290 g/mol. The van der Waals surface area contributed by atoms with Crippen LogP contribution in [0, 0.1) is 0 Å². The van der Waals surface area contributed by atoms with Crippen molar-refractivity contribution < 1.29 is 4.74 Å². The Bertz CT molecular complexity index is 599. The molecule has 2 aromatic rings. The van der Waals surface area contributed by atoms with Gasteiger partial charge in [-0.2, -0.15) is 0 Å². The van der Waals surface area contributed by atoms with Crippen LogP contribution in [0.1, 0.15) is 39.8 Å². The first kappa shape index (κ1) is 13.9. The second kappa shape index (κ2) is 5.76. The van der Waals surface area contributed by atoms with E-state index in [1.807, 2.05) is 29.5 Å². The molecule has 0 radical (unpaired) electrons. The average Bonchev–Trinajstić information content (AvgIpc) is 2.90. The molecule has 0 fully saturated rings. The highest BCUT2D eigenvalue weighted by molar-refractivity contribution is 7.12. The second-order valence-corrected chi connectivity index (χ2v) is 6.77. The second-order valence-electron chi connectivity index (χ2n) is 5.17. The lowest BCUT2D eigenvalue weighted by Crippen LogP contribution is -2.11. The lowest BCUT2D eigenvalue weighted by Gasteiger charge is -2.14. The summed E-state index contributed by atoms with van der Waals surface area (Å²) in [6, 6.07) is 7.72. The van der Waals surface area contributed by atoms with Crippen LogP contribution in [0.25, 0.3) is 0 Å². The first-order valence-corrected chi connectivity index (χ1v) is 8.09. The van der Waals surface area contributed by atoms with Gasteiger partial charge in [-0.25, -0.2) is 0 Å². The lowest BCUT2D eigenvalue weighted by atomic mass is 9.98. The molecule has 0 amide bonds. The Hall–Kier alpha value is -1.03. The zero-order valence-corrected chi connectivity index (χ0v) is 13.1. The topological polar surface area (TPSA) is 35.2 Å². The predicted molar refractivity (Wildman–Crippen MR) is 85.0 cm³/mol. The van der Waals surface area contributed by atoms with Gasteiger partial charge in [0.15, 0.2) is 0 Å². The predicted octanol–water partition coefficient (Wildman–Crippen LogP) is 4.34. The maximum Gasteiger partial charge on any atom is 0.124 e. The van der Waals surface area contributed by atoms with E-state index >= 15 is 0 Å². The largest absolute Gasteiger partial charge is 0.496 e. The summed E-state index contributed by atoms with van der Waals surface area (Å²) in [7, 11) is 1.67. The number of thiophene rings is 1. The van der Waals surface area contributed by atoms with Crippen molar-refractivity contribution >= 4 is 22.9 Å². The molecule has 2 nitrogen and oxygen atoms in total. The Balaban J connectivity index is 1.97. The van der Waals surface area contributed by atoms with Crippen LogP contribution in [0.2, 0.25) is 5.02 Å². The number of aryl methyl sites for hydroxylation is 2. The number of nitrogens with two attached hydrogens (primary N) is 1. The van der Waals surface area contributed by atoms with Crippen LogP contribution in [0.5, 0.6) is 5.75 Å². The standard InChI is InChI=1S/C16H18ClNOS/c1-19-13-7-6-11(17)9-12(13)16(18)15-8-10-4-2-3-5-14(10)20-15/h6-9,16H,2-5,18H2,1H3. The summed E-state index contributed by atoms with van der Waals surface area (Å²) in [5.41, 5.74) is 8.88. The monoisotopic (exact) mass is 307 g/mol. The molecule has 106 valence electrons. The van der Waals surface area contributed by atoms with E-state index in [2.05, 4.69) is 6.07 Å². The van der Waals surface area contributed by atoms with Crippen molar-refractivity contribution in [3.05, 3.63) is 50.2 Å². The number of fused-ring (bicyclic) bond motifs is 1. The third-order valence-corrected chi connectivity index (χ3v) is 5.40. The number of benzene rings is 1. The molecular formula is C16H18ClNOS. The SMILES string of the molecule is COc1ccc(Cl)cc1C(N)c1cc2c(s1)CCCC2. The van der Waals surface area contributed by atoms with Crippen molar-refractivity contribution in [3.8, 4) is 5.75 Å². The Labute approximate surface area is 128 Å². The molecule has 1 aromatic heterocycles. The summed E-state index contributed by atoms with van der Waals surface area (Å²) in [5.74, 6) is 0.799. The smallest absolute Gasteiger partial charge is 0.124 e. The van der Waals surface area contributed by atoms with Gasteiger partial charge in [0.1, 0.15) is 5.75 Å². The Morgan fingerprint density at radius 3 is 2.80 bits per heavy atom. The Morgan fingerprint density at radius 1 is 1.25 bits per heavy atom. The molecule has 1 aliphatic rings. The van der Waals surface area contributed by atoms with Crippen molar-refractivity contribution in [2.45, 2.75) is 31.7 Å². The minimum Gasteiger partial charge on any atom is -0.496 e. The van der Waals surface area contributed by atoms with E-state index in [0.29, 0.717) is 5.02 Å². The van der Waals surface area contributed by atoms with E-state index in [4.69, 9.17) is 22.1 Å². The third-order valence-electron chi connectivity index (χ3n) is 3.85. The van der Waals surface area contributed by atoms with E-state index in [0.717, 1.165) is 11.3 Å². The number of methoxy groups -OCH3 is 1. The molecule has 0 spiro atoms. The molecule has 4 heteroatoms. The highest BCUT2D eigenvalue weighted by Gasteiger charge is 2.20. The highest BCUT2D eigenvalue weighted by Crippen LogP contribution is 2.37. The fourth-order valence-corrected chi connectivity index (χ4v) is 4.23. The minimum absolute atomic E-state index is 0.167. The quantitative estimate of drug-likeness (QED) is 0.915. The van der Waals surface area contributed by atoms with Crippen LogP contribution in [0.3, 0.4) is 0 Å². The van der Waals surface area contributed by atoms with Crippen LogP contribution in [0.4, 0.5) is 0 Å². The van der Waals surface area contributed by atoms with Crippen molar-refractivity contribution in [1.29, 1.82) is 0 Å². The van der Waals surface area contributed by atoms with Crippen LogP contribution >= 0.6 is 22.9 Å². The molecule has 0 aliphatic heterocycles. The minimum atomic E-state index is -0.167. The van der Waals surface area contributed by atoms with Crippen molar-refractivity contribution in [3.63, 3.8) is 0 Å². The van der Waals surface area contributed by atoms with E-state index in [1.165, 1.54) is 41.0 Å². The van der Waals surface area contributed by atoms with E-state index in [9.17, 15) is 0 Å². The molecule has 1 unspecified atom stereocenters. The Kier molecular flexibility index (Phi) is 4.01. The molecule has 0 saturated carbocycles. The number of hydrogen-bond acceptors (Lipinski definition) is 3. The van der Waals surface area contributed by atoms with Gasteiger partial charge in [0, 0.05) is 20.3 Å². The van der Waals surface area contributed by atoms with Crippen LogP contribution in [-0.2, 0) is 12.8 Å². The summed E-state index contributed by atoms with van der Waals surface area (Å²) in [6.07, 6.45) is 4.96. The van der Waals surface area contributed by atoms with Crippen LogP contribution < -0.4 is 10.5 Å². The molecule has 0 bridgehead atoms. The van der Waals surface area contributed by atoms with E-state index < -0.39 is 0 Å².